The van der Waals surface area contributed by atoms with E-state index in [-0.39, 0.29) is 36.8 Å². The molecule has 3 N–H and O–H groups in total. The van der Waals surface area contributed by atoms with Crippen LogP contribution in [0.3, 0.4) is 0 Å². The van der Waals surface area contributed by atoms with E-state index in [0.29, 0.717) is 39.4 Å². The van der Waals surface area contributed by atoms with Gasteiger partial charge in [0.15, 0.2) is 0 Å². The van der Waals surface area contributed by atoms with Crippen molar-refractivity contribution in [3.8, 4) is 0 Å². The lowest BCUT2D eigenvalue weighted by atomic mass is 9.93. The van der Waals surface area contributed by atoms with E-state index < -0.39 is 41.6 Å². The number of nitrogens with one attached hydrogen (secondary N) is 2. The summed E-state index contributed by atoms with van der Waals surface area (Å²) in [6.07, 6.45) is -0.670. The molecule has 2 aliphatic rings. The normalized spacial score (nSPS) is 20.8. The molecule has 4 rings (SSSR count). The van der Waals surface area contributed by atoms with E-state index in [1.54, 1.807) is 9.80 Å². The fourth-order valence-electron chi connectivity index (χ4n) is 5.33. The van der Waals surface area contributed by atoms with Gasteiger partial charge in [0.05, 0.1) is 24.7 Å². The molecule has 11 heteroatoms. The lowest BCUT2D eigenvalue weighted by molar-refractivity contribution is -0.141. The van der Waals surface area contributed by atoms with Gasteiger partial charge in [0, 0.05) is 51.8 Å². The van der Waals surface area contributed by atoms with Gasteiger partial charge < -0.3 is 30.3 Å². The Balaban J connectivity index is 1.47. The van der Waals surface area contributed by atoms with Crippen LogP contribution in [0, 0.1) is 17.6 Å². The average Bonchev–Trinajstić information content (AvgIpc) is 3.32. The summed E-state index contributed by atoms with van der Waals surface area (Å²) in [6.45, 7) is 4.73. The summed E-state index contributed by atoms with van der Waals surface area (Å²) in [7, 11) is 0. The molecular weight excluding hydrogens is 534 g/mol. The van der Waals surface area contributed by atoms with E-state index in [4.69, 9.17) is 4.74 Å². The van der Waals surface area contributed by atoms with Crippen LogP contribution >= 0.6 is 0 Å². The SMILES string of the molecule is CCCOCCN1CC(C(=O)N[C@@H](Cc2cc(F)cc(F)c2)[C@H](O)[C@@H]2NCCN(Cc3ccccc3)C2=O)CC1=O. The maximum Gasteiger partial charge on any atom is 0.242 e. The van der Waals surface area contributed by atoms with Crippen LogP contribution < -0.4 is 10.6 Å². The van der Waals surface area contributed by atoms with E-state index in [2.05, 4.69) is 10.6 Å². The van der Waals surface area contributed by atoms with Crippen molar-refractivity contribution in [1.29, 1.82) is 0 Å². The van der Waals surface area contributed by atoms with Crippen molar-refractivity contribution in [2.45, 2.75) is 50.9 Å². The number of halogens is 2. The third kappa shape index (κ3) is 8.31. The van der Waals surface area contributed by atoms with Crippen molar-refractivity contribution in [3.05, 3.63) is 71.3 Å². The number of benzene rings is 2. The number of likely N-dealkylation sites (tertiary alicyclic amines) is 1. The summed E-state index contributed by atoms with van der Waals surface area (Å²) in [5, 5.41) is 17.3. The van der Waals surface area contributed by atoms with Crippen LogP contribution in [-0.4, -0.2) is 90.2 Å². The van der Waals surface area contributed by atoms with Crippen LogP contribution in [0.2, 0.25) is 0 Å². The first kappa shape index (κ1) is 30.5. The Kier molecular flexibility index (Phi) is 10.8. The number of hydrogen-bond acceptors (Lipinski definition) is 6. The number of nitrogens with zero attached hydrogens (tertiary/aromatic N) is 2. The number of hydrogen-bond donors (Lipinski definition) is 3. The largest absolute Gasteiger partial charge is 0.389 e. The minimum absolute atomic E-state index is 0.00246. The van der Waals surface area contributed by atoms with Gasteiger partial charge in [0.1, 0.15) is 17.7 Å². The summed E-state index contributed by atoms with van der Waals surface area (Å²) in [6, 6.07) is 10.4. The summed E-state index contributed by atoms with van der Waals surface area (Å²) in [5.74, 6) is -3.23. The van der Waals surface area contributed by atoms with E-state index in [9.17, 15) is 28.3 Å². The molecule has 2 saturated heterocycles. The zero-order valence-corrected chi connectivity index (χ0v) is 23.2. The lowest BCUT2D eigenvalue weighted by Gasteiger charge is -2.38. The Morgan fingerprint density at radius 1 is 1.10 bits per heavy atom. The van der Waals surface area contributed by atoms with Gasteiger partial charge in [-0.3, -0.25) is 14.4 Å². The quantitative estimate of drug-likeness (QED) is 0.315. The molecule has 0 aliphatic carbocycles. The smallest absolute Gasteiger partial charge is 0.242 e. The molecule has 3 amide bonds. The molecule has 2 aromatic carbocycles. The van der Waals surface area contributed by atoms with Crippen LogP contribution in [0.1, 0.15) is 30.9 Å². The number of piperazine rings is 1. The Bertz CT molecular complexity index is 1180. The molecule has 2 aliphatic heterocycles. The third-order valence-corrected chi connectivity index (χ3v) is 7.44. The Labute approximate surface area is 238 Å². The highest BCUT2D eigenvalue weighted by Gasteiger charge is 2.40. The standard InChI is InChI=1S/C30H38F2N4O5/c1-2-11-41-12-10-35-19-22(16-26(35)37)29(39)34-25(15-21-13-23(31)17-24(32)14-21)28(38)27-30(40)36(9-8-33-27)18-20-6-4-3-5-7-20/h3-7,13-14,17,22,25,27-28,33,38H,2,8-12,15-16,18-19H2,1H3,(H,34,39)/t22?,25-,27-,28-/m0/s1. The molecule has 222 valence electrons. The van der Waals surface area contributed by atoms with Crippen molar-refractivity contribution in [2.75, 3.05) is 39.4 Å². The second-order valence-corrected chi connectivity index (χ2v) is 10.6. The molecular formula is C30H38F2N4O5. The van der Waals surface area contributed by atoms with Gasteiger partial charge in [-0.15, -0.1) is 0 Å². The van der Waals surface area contributed by atoms with Gasteiger partial charge in [-0.1, -0.05) is 37.3 Å². The summed E-state index contributed by atoms with van der Waals surface area (Å²) in [4.78, 5) is 42.5. The first-order valence-corrected chi connectivity index (χ1v) is 14.1. The van der Waals surface area contributed by atoms with E-state index in [0.717, 1.165) is 30.2 Å². The second-order valence-electron chi connectivity index (χ2n) is 10.6. The lowest BCUT2D eigenvalue weighted by Crippen LogP contribution is -2.64. The molecule has 2 fully saturated rings. The van der Waals surface area contributed by atoms with Gasteiger partial charge in [-0.05, 0) is 36.1 Å². The van der Waals surface area contributed by atoms with Gasteiger partial charge in [-0.25, -0.2) is 8.78 Å². The summed E-state index contributed by atoms with van der Waals surface area (Å²) in [5.41, 5.74) is 1.15. The maximum absolute atomic E-state index is 14.0. The molecule has 0 aromatic heterocycles. The Morgan fingerprint density at radius 3 is 2.54 bits per heavy atom. The highest BCUT2D eigenvalue weighted by Crippen LogP contribution is 2.21. The van der Waals surface area contributed by atoms with Gasteiger partial charge in [-0.2, -0.15) is 0 Å². The maximum atomic E-state index is 14.0. The van der Waals surface area contributed by atoms with Crippen molar-refractivity contribution >= 4 is 17.7 Å². The number of carbonyl (C=O) groups is 3. The van der Waals surface area contributed by atoms with E-state index in [1.807, 2.05) is 37.3 Å². The molecule has 0 bridgehead atoms. The average molecular weight is 573 g/mol. The predicted octanol–water partition coefficient (Wildman–Crippen LogP) is 1.63. The number of aliphatic hydroxyl groups excluding tert-OH is 1. The van der Waals surface area contributed by atoms with Gasteiger partial charge in [0.25, 0.3) is 0 Å². The minimum atomic E-state index is -1.41. The first-order valence-electron chi connectivity index (χ1n) is 14.1. The fourth-order valence-corrected chi connectivity index (χ4v) is 5.33. The van der Waals surface area contributed by atoms with Crippen LogP contribution in [-0.2, 0) is 32.1 Å². The highest BCUT2D eigenvalue weighted by molar-refractivity contribution is 5.89. The zero-order valence-electron chi connectivity index (χ0n) is 23.2. The fraction of sp³-hybridized carbons (Fsp3) is 0.500. The number of carbonyl (C=O) groups excluding carboxylic acids is 3. The van der Waals surface area contributed by atoms with Crippen molar-refractivity contribution in [2.24, 2.45) is 5.92 Å². The molecule has 9 nitrogen and oxygen atoms in total. The van der Waals surface area contributed by atoms with Crippen molar-refractivity contribution in [3.63, 3.8) is 0 Å². The van der Waals surface area contributed by atoms with Gasteiger partial charge >= 0.3 is 0 Å². The van der Waals surface area contributed by atoms with E-state index >= 15 is 0 Å². The third-order valence-electron chi connectivity index (χ3n) is 7.44. The zero-order chi connectivity index (χ0) is 29.4. The summed E-state index contributed by atoms with van der Waals surface area (Å²) < 4.78 is 33.4. The van der Waals surface area contributed by atoms with E-state index in [1.165, 1.54) is 0 Å². The second kappa shape index (κ2) is 14.5. The topological polar surface area (TPSA) is 111 Å². The first-order chi connectivity index (χ1) is 19.7. The monoisotopic (exact) mass is 572 g/mol. The minimum Gasteiger partial charge on any atom is -0.389 e. The molecule has 1 unspecified atom stereocenters. The molecule has 0 radical (unpaired) electrons. The molecule has 4 atom stereocenters. The van der Waals surface area contributed by atoms with Crippen LogP contribution in [0.15, 0.2) is 48.5 Å². The number of aliphatic hydroxyl groups is 1. The van der Waals surface area contributed by atoms with Crippen molar-refractivity contribution in [1.82, 2.24) is 20.4 Å². The highest BCUT2D eigenvalue weighted by atomic mass is 19.1. The molecule has 0 spiro atoms. The summed E-state index contributed by atoms with van der Waals surface area (Å²) >= 11 is 0. The molecule has 2 aromatic rings. The molecule has 0 saturated carbocycles. The number of ether oxygens (including phenoxy) is 1. The predicted molar refractivity (Wildman–Crippen MR) is 147 cm³/mol. The number of amides is 3. The number of rotatable bonds is 13. The Hall–Kier alpha value is -3.41. The van der Waals surface area contributed by atoms with Crippen LogP contribution in [0.4, 0.5) is 8.78 Å². The van der Waals surface area contributed by atoms with Crippen LogP contribution in [0.25, 0.3) is 0 Å². The Morgan fingerprint density at radius 2 is 1.83 bits per heavy atom. The van der Waals surface area contributed by atoms with Crippen LogP contribution in [0.5, 0.6) is 0 Å². The molecule has 41 heavy (non-hydrogen) atoms. The van der Waals surface area contributed by atoms with Gasteiger partial charge in [0.2, 0.25) is 17.7 Å². The van der Waals surface area contributed by atoms with Crippen molar-refractivity contribution < 1.29 is 33.0 Å². The molecule has 2 heterocycles.